The van der Waals surface area contributed by atoms with Gasteiger partial charge in [0.15, 0.2) is 0 Å². The van der Waals surface area contributed by atoms with Gasteiger partial charge in [0.25, 0.3) is 0 Å². The van der Waals surface area contributed by atoms with Crippen LogP contribution in [0.15, 0.2) is 48.5 Å². The van der Waals surface area contributed by atoms with Crippen molar-refractivity contribution in [3.63, 3.8) is 0 Å². The number of carbonyl (C=O) groups is 1. The van der Waals surface area contributed by atoms with Gasteiger partial charge >= 0.3 is 0 Å². The molecule has 0 unspecified atom stereocenters. The summed E-state index contributed by atoms with van der Waals surface area (Å²) in [5, 5.41) is 3.10. The molecule has 3 heteroatoms. The van der Waals surface area contributed by atoms with Crippen LogP contribution in [-0.2, 0) is 16.8 Å². The Morgan fingerprint density at radius 2 is 1.71 bits per heavy atom. The van der Waals surface area contributed by atoms with Crippen LogP contribution in [0.1, 0.15) is 29.5 Å². The zero-order valence-corrected chi connectivity index (χ0v) is 12.0. The van der Waals surface area contributed by atoms with E-state index in [4.69, 9.17) is 0 Å². The van der Waals surface area contributed by atoms with E-state index in [2.05, 4.69) is 5.32 Å². The van der Waals surface area contributed by atoms with Gasteiger partial charge in [0.05, 0.1) is 12.0 Å². The van der Waals surface area contributed by atoms with E-state index in [1.807, 2.05) is 31.2 Å². The number of benzene rings is 2. The maximum Gasteiger partial charge on any atom is 0.225 e. The van der Waals surface area contributed by atoms with E-state index in [0.29, 0.717) is 6.42 Å². The molecule has 3 rings (SSSR count). The lowest BCUT2D eigenvalue weighted by molar-refractivity contribution is -0.121. The zero-order valence-electron chi connectivity index (χ0n) is 12.0. The summed E-state index contributed by atoms with van der Waals surface area (Å²) in [4.78, 5) is 12.2. The summed E-state index contributed by atoms with van der Waals surface area (Å²) in [6, 6.07) is 14.4. The SMILES string of the molecule is Cc1ccc(CC(=O)NC2(c3ccc(F)cc3)CC2)cc1. The molecule has 0 radical (unpaired) electrons. The maximum absolute atomic E-state index is 13.0. The van der Waals surface area contributed by atoms with Crippen molar-refractivity contribution >= 4 is 5.91 Å². The third-order valence-electron chi connectivity index (χ3n) is 4.01. The predicted octanol–water partition coefficient (Wildman–Crippen LogP) is 3.48. The summed E-state index contributed by atoms with van der Waals surface area (Å²) >= 11 is 0. The Morgan fingerprint density at radius 1 is 1.10 bits per heavy atom. The first-order chi connectivity index (χ1) is 10.1. The summed E-state index contributed by atoms with van der Waals surface area (Å²) in [7, 11) is 0. The highest BCUT2D eigenvalue weighted by Gasteiger charge is 2.45. The number of carbonyl (C=O) groups excluding carboxylic acids is 1. The molecule has 2 aromatic rings. The van der Waals surface area contributed by atoms with Crippen molar-refractivity contribution in [2.75, 3.05) is 0 Å². The van der Waals surface area contributed by atoms with Gasteiger partial charge in [0.1, 0.15) is 5.82 Å². The van der Waals surface area contributed by atoms with E-state index in [1.54, 1.807) is 12.1 Å². The Kier molecular flexibility index (Phi) is 3.50. The zero-order chi connectivity index (χ0) is 14.9. The summed E-state index contributed by atoms with van der Waals surface area (Å²) in [5.41, 5.74) is 2.90. The molecule has 0 spiro atoms. The number of rotatable bonds is 4. The molecule has 1 amide bonds. The van der Waals surface area contributed by atoms with Crippen LogP contribution in [0, 0.1) is 12.7 Å². The number of aryl methyl sites for hydroxylation is 1. The third kappa shape index (κ3) is 3.13. The van der Waals surface area contributed by atoms with Crippen molar-refractivity contribution in [3.05, 3.63) is 71.0 Å². The molecule has 0 aromatic heterocycles. The van der Waals surface area contributed by atoms with E-state index in [1.165, 1.54) is 17.7 Å². The molecule has 0 heterocycles. The van der Waals surface area contributed by atoms with Gasteiger partial charge in [-0.3, -0.25) is 4.79 Å². The Bertz CT molecular complexity index is 642. The molecule has 1 aliphatic carbocycles. The Hall–Kier alpha value is -2.16. The third-order valence-corrected chi connectivity index (χ3v) is 4.01. The van der Waals surface area contributed by atoms with E-state index < -0.39 is 0 Å². The van der Waals surface area contributed by atoms with Crippen molar-refractivity contribution in [3.8, 4) is 0 Å². The van der Waals surface area contributed by atoms with Gasteiger partial charge in [-0.15, -0.1) is 0 Å². The fraction of sp³-hybridized carbons (Fsp3) is 0.278. The first-order valence-corrected chi connectivity index (χ1v) is 7.20. The summed E-state index contributed by atoms with van der Waals surface area (Å²) in [5.74, 6) is -0.235. The van der Waals surface area contributed by atoms with Crippen molar-refractivity contribution in [2.45, 2.75) is 31.7 Å². The quantitative estimate of drug-likeness (QED) is 0.914. The van der Waals surface area contributed by atoms with Gasteiger partial charge in [0, 0.05) is 0 Å². The summed E-state index contributed by atoms with van der Waals surface area (Å²) < 4.78 is 13.0. The van der Waals surface area contributed by atoms with Crippen molar-refractivity contribution < 1.29 is 9.18 Å². The van der Waals surface area contributed by atoms with Crippen LogP contribution in [0.25, 0.3) is 0 Å². The van der Waals surface area contributed by atoms with Crippen molar-refractivity contribution in [1.82, 2.24) is 5.32 Å². The van der Waals surface area contributed by atoms with Crippen LogP contribution < -0.4 is 5.32 Å². The van der Waals surface area contributed by atoms with Crippen LogP contribution in [0.5, 0.6) is 0 Å². The fourth-order valence-electron chi connectivity index (χ4n) is 2.58. The van der Waals surface area contributed by atoms with Crippen LogP contribution >= 0.6 is 0 Å². The number of hydrogen-bond acceptors (Lipinski definition) is 1. The molecule has 1 N–H and O–H groups in total. The number of hydrogen-bond donors (Lipinski definition) is 1. The van der Waals surface area contributed by atoms with Gasteiger partial charge in [-0.05, 0) is 43.0 Å². The molecular weight excluding hydrogens is 265 g/mol. The molecule has 0 bridgehead atoms. The monoisotopic (exact) mass is 283 g/mol. The smallest absolute Gasteiger partial charge is 0.225 e. The second-order valence-corrected chi connectivity index (χ2v) is 5.80. The van der Waals surface area contributed by atoms with Crippen molar-refractivity contribution in [2.24, 2.45) is 0 Å². The normalized spacial score (nSPS) is 15.5. The Labute approximate surface area is 124 Å². The largest absolute Gasteiger partial charge is 0.346 e. The predicted molar refractivity (Wildman–Crippen MR) is 80.3 cm³/mol. The van der Waals surface area contributed by atoms with Crippen LogP contribution in [0.2, 0.25) is 0 Å². The molecule has 21 heavy (non-hydrogen) atoms. The number of halogens is 1. The van der Waals surface area contributed by atoms with E-state index in [-0.39, 0.29) is 17.3 Å². The minimum atomic E-state index is -0.282. The maximum atomic E-state index is 13.0. The molecule has 2 aromatic carbocycles. The number of nitrogens with one attached hydrogen (secondary N) is 1. The Morgan fingerprint density at radius 3 is 2.29 bits per heavy atom. The van der Waals surface area contributed by atoms with Crippen LogP contribution in [-0.4, -0.2) is 5.91 Å². The summed E-state index contributed by atoms with van der Waals surface area (Å²) in [6.45, 7) is 2.03. The highest BCUT2D eigenvalue weighted by atomic mass is 19.1. The van der Waals surface area contributed by atoms with Gasteiger partial charge in [-0.25, -0.2) is 4.39 Å². The van der Waals surface area contributed by atoms with Crippen LogP contribution in [0.3, 0.4) is 0 Å². The average molecular weight is 283 g/mol. The first kappa shape index (κ1) is 13.8. The van der Waals surface area contributed by atoms with E-state index in [0.717, 1.165) is 24.0 Å². The minimum absolute atomic E-state index is 0.0145. The molecule has 0 saturated heterocycles. The average Bonchev–Trinajstić information content (AvgIpc) is 3.23. The lowest BCUT2D eigenvalue weighted by Crippen LogP contribution is -2.35. The Balaban J connectivity index is 1.67. The second kappa shape index (κ2) is 5.32. The second-order valence-electron chi connectivity index (χ2n) is 5.80. The van der Waals surface area contributed by atoms with Gasteiger partial charge in [0.2, 0.25) is 5.91 Å². The molecule has 1 aliphatic rings. The molecular formula is C18H18FNO. The standard InChI is InChI=1S/C18H18FNO/c1-13-2-4-14(5-3-13)12-17(21)20-18(10-11-18)15-6-8-16(19)9-7-15/h2-9H,10-12H2,1H3,(H,20,21). The van der Waals surface area contributed by atoms with Crippen LogP contribution in [0.4, 0.5) is 4.39 Å². The van der Waals surface area contributed by atoms with Gasteiger partial charge in [-0.2, -0.15) is 0 Å². The molecule has 0 atom stereocenters. The van der Waals surface area contributed by atoms with E-state index >= 15 is 0 Å². The lowest BCUT2D eigenvalue weighted by atomic mass is 10.0. The number of amides is 1. The van der Waals surface area contributed by atoms with Gasteiger partial charge in [-0.1, -0.05) is 42.0 Å². The van der Waals surface area contributed by atoms with Gasteiger partial charge < -0.3 is 5.32 Å². The van der Waals surface area contributed by atoms with E-state index in [9.17, 15) is 9.18 Å². The molecule has 108 valence electrons. The molecule has 1 fully saturated rings. The highest BCUT2D eigenvalue weighted by Crippen LogP contribution is 2.45. The topological polar surface area (TPSA) is 29.1 Å². The van der Waals surface area contributed by atoms with Crippen molar-refractivity contribution in [1.29, 1.82) is 0 Å². The summed E-state index contributed by atoms with van der Waals surface area (Å²) in [6.07, 6.45) is 2.21. The highest BCUT2D eigenvalue weighted by molar-refractivity contribution is 5.80. The molecule has 0 aliphatic heterocycles. The molecule has 2 nitrogen and oxygen atoms in total. The fourth-order valence-corrected chi connectivity index (χ4v) is 2.58. The first-order valence-electron chi connectivity index (χ1n) is 7.20. The molecule has 1 saturated carbocycles. The minimum Gasteiger partial charge on any atom is -0.346 e. The lowest BCUT2D eigenvalue weighted by Gasteiger charge is -2.18.